The Kier molecular flexibility index (Phi) is 4.25. The number of nitrogens with one attached hydrogen (secondary N) is 1. The van der Waals surface area contributed by atoms with Gasteiger partial charge in [0.2, 0.25) is 12.7 Å². The van der Waals surface area contributed by atoms with Gasteiger partial charge in [0.25, 0.3) is 0 Å². The number of hydrogen-bond donors (Lipinski definition) is 1. The molecule has 2 aromatic rings. The van der Waals surface area contributed by atoms with Gasteiger partial charge >= 0.3 is 6.09 Å². The van der Waals surface area contributed by atoms with Crippen molar-refractivity contribution in [3.8, 4) is 11.5 Å². The fraction of sp³-hybridized carbons (Fsp3) is 0.421. The predicted octanol–water partition coefficient (Wildman–Crippen LogP) is 3.24. The van der Waals surface area contributed by atoms with Crippen LogP contribution in [-0.4, -0.2) is 39.9 Å². The summed E-state index contributed by atoms with van der Waals surface area (Å²) in [5.74, 6) is 1.94. The first kappa shape index (κ1) is 17.4. The molecule has 0 saturated carbocycles. The average molecular weight is 370 g/mol. The zero-order valence-electron chi connectivity index (χ0n) is 15.6. The number of anilines is 2. The number of rotatable bonds is 2. The Balaban J connectivity index is 1.45. The van der Waals surface area contributed by atoms with Crippen LogP contribution in [0.4, 0.5) is 16.4 Å². The van der Waals surface area contributed by atoms with E-state index in [0.29, 0.717) is 31.2 Å². The molecular weight excluding hydrogens is 348 g/mol. The van der Waals surface area contributed by atoms with Gasteiger partial charge in [-0.15, -0.1) is 0 Å². The highest BCUT2D eigenvalue weighted by Gasteiger charge is 2.26. The lowest BCUT2D eigenvalue weighted by Gasteiger charge is -2.30. The van der Waals surface area contributed by atoms with E-state index < -0.39 is 5.60 Å². The molecule has 0 spiro atoms. The van der Waals surface area contributed by atoms with E-state index in [4.69, 9.17) is 14.2 Å². The van der Waals surface area contributed by atoms with Crippen molar-refractivity contribution < 1.29 is 19.0 Å². The minimum absolute atomic E-state index is 0.238. The van der Waals surface area contributed by atoms with Gasteiger partial charge in [0, 0.05) is 36.5 Å². The van der Waals surface area contributed by atoms with Gasteiger partial charge in [-0.25, -0.2) is 14.8 Å². The Morgan fingerprint density at radius 1 is 1.26 bits per heavy atom. The fourth-order valence-electron chi connectivity index (χ4n) is 2.96. The molecule has 2 aliphatic rings. The molecule has 8 nitrogen and oxygen atoms in total. The summed E-state index contributed by atoms with van der Waals surface area (Å²) in [5, 5.41) is 3.19. The summed E-state index contributed by atoms with van der Waals surface area (Å²) in [7, 11) is 0. The zero-order valence-corrected chi connectivity index (χ0v) is 15.6. The van der Waals surface area contributed by atoms with Crippen LogP contribution in [0.1, 0.15) is 32.0 Å². The molecule has 0 radical (unpaired) electrons. The highest BCUT2D eigenvalue weighted by atomic mass is 16.7. The van der Waals surface area contributed by atoms with E-state index in [0.717, 1.165) is 22.7 Å². The zero-order chi connectivity index (χ0) is 19.0. The van der Waals surface area contributed by atoms with Crippen molar-refractivity contribution in [3.63, 3.8) is 0 Å². The summed E-state index contributed by atoms with van der Waals surface area (Å²) >= 11 is 0. The van der Waals surface area contributed by atoms with Crippen LogP contribution >= 0.6 is 0 Å². The molecule has 4 rings (SSSR count). The van der Waals surface area contributed by atoms with Crippen LogP contribution in [0, 0.1) is 0 Å². The predicted molar refractivity (Wildman–Crippen MR) is 98.2 cm³/mol. The average Bonchev–Trinajstić information content (AvgIpc) is 3.07. The minimum Gasteiger partial charge on any atom is -0.454 e. The maximum absolute atomic E-state index is 12.3. The second kappa shape index (κ2) is 6.61. The second-order valence-corrected chi connectivity index (χ2v) is 7.51. The molecule has 3 heterocycles. The van der Waals surface area contributed by atoms with E-state index in [9.17, 15) is 4.79 Å². The van der Waals surface area contributed by atoms with Gasteiger partial charge in [-0.2, -0.15) is 0 Å². The summed E-state index contributed by atoms with van der Waals surface area (Å²) in [4.78, 5) is 22.9. The molecule has 2 aliphatic heterocycles. The van der Waals surface area contributed by atoms with Crippen LogP contribution in [-0.2, 0) is 17.7 Å². The number of hydrogen-bond acceptors (Lipinski definition) is 7. The molecule has 1 aromatic carbocycles. The molecule has 8 heteroatoms. The van der Waals surface area contributed by atoms with E-state index in [2.05, 4.69) is 15.3 Å². The maximum Gasteiger partial charge on any atom is 0.410 e. The summed E-state index contributed by atoms with van der Waals surface area (Å²) in [6.07, 6.45) is 2.11. The number of aromatic nitrogens is 2. The van der Waals surface area contributed by atoms with Gasteiger partial charge in [-0.05, 0) is 32.9 Å². The van der Waals surface area contributed by atoms with Crippen LogP contribution in [0.3, 0.4) is 0 Å². The third-order valence-electron chi connectivity index (χ3n) is 4.21. The van der Waals surface area contributed by atoms with Crippen molar-refractivity contribution >= 4 is 17.7 Å². The van der Waals surface area contributed by atoms with Crippen LogP contribution < -0.4 is 14.8 Å². The number of ether oxygens (including phenoxy) is 3. The van der Waals surface area contributed by atoms with Crippen molar-refractivity contribution in [2.24, 2.45) is 0 Å². The summed E-state index contributed by atoms with van der Waals surface area (Å²) < 4.78 is 16.1. The first-order valence-corrected chi connectivity index (χ1v) is 8.87. The Labute approximate surface area is 157 Å². The standard InChI is InChI=1S/C19H22N4O4/c1-19(2,3)27-18(24)23-7-6-14-12(10-23)9-20-17(22-14)21-13-4-5-15-16(8-13)26-11-25-15/h4-5,8-9H,6-7,10-11H2,1-3H3,(H,20,21,22). The number of benzene rings is 1. The molecule has 27 heavy (non-hydrogen) atoms. The Morgan fingerprint density at radius 2 is 2.07 bits per heavy atom. The Morgan fingerprint density at radius 3 is 2.89 bits per heavy atom. The molecule has 0 atom stereocenters. The Bertz CT molecular complexity index is 878. The highest BCUT2D eigenvalue weighted by molar-refractivity contribution is 5.68. The molecule has 0 aliphatic carbocycles. The fourth-order valence-corrected chi connectivity index (χ4v) is 2.96. The summed E-state index contributed by atoms with van der Waals surface area (Å²) in [6.45, 7) is 6.85. The second-order valence-electron chi connectivity index (χ2n) is 7.51. The maximum atomic E-state index is 12.3. The molecule has 1 amide bonds. The normalized spacial score (nSPS) is 15.3. The molecule has 1 aromatic heterocycles. The highest BCUT2D eigenvalue weighted by Crippen LogP contribution is 2.34. The third kappa shape index (κ3) is 3.89. The van der Waals surface area contributed by atoms with Crippen molar-refractivity contribution in [3.05, 3.63) is 35.7 Å². The SMILES string of the molecule is CC(C)(C)OC(=O)N1CCc2nc(Nc3ccc4c(c3)OCO4)ncc2C1. The topological polar surface area (TPSA) is 85.8 Å². The lowest BCUT2D eigenvalue weighted by molar-refractivity contribution is 0.0222. The van der Waals surface area contributed by atoms with Gasteiger partial charge in [-0.3, -0.25) is 0 Å². The van der Waals surface area contributed by atoms with Gasteiger partial charge in [0.05, 0.1) is 12.2 Å². The first-order valence-electron chi connectivity index (χ1n) is 8.87. The van der Waals surface area contributed by atoms with E-state index in [-0.39, 0.29) is 12.9 Å². The number of nitrogens with zero attached hydrogens (tertiary/aromatic N) is 3. The molecule has 1 N–H and O–H groups in total. The number of amides is 1. The van der Waals surface area contributed by atoms with Gasteiger partial charge in [-0.1, -0.05) is 0 Å². The lowest BCUT2D eigenvalue weighted by Crippen LogP contribution is -2.40. The largest absolute Gasteiger partial charge is 0.454 e. The van der Waals surface area contributed by atoms with Gasteiger partial charge in [0.1, 0.15) is 5.60 Å². The molecule has 0 saturated heterocycles. The van der Waals surface area contributed by atoms with Crippen LogP contribution in [0.5, 0.6) is 11.5 Å². The van der Waals surface area contributed by atoms with E-state index in [1.165, 1.54) is 0 Å². The number of carbonyl (C=O) groups is 1. The summed E-state index contributed by atoms with van der Waals surface area (Å²) in [5.41, 5.74) is 2.19. The number of fused-ring (bicyclic) bond motifs is 2. The van der Waals surface area contributed by atoms with Crippen molar-refractivity contribution in [1.82, 2.24) is 14.9 Å². The minimum atomic E-state index is -0.508. The molecule has 0 unspecified atom stereocenters. The van der Waals surface area contributed by atoms with E-state index >= 15 is 0 Å². The monoisotopic (exact) mass is 370 g/mol. The van der Waals surface area contributed by atoms with Gasteiger partial charge < -0.3 is 24.4 Å². The molecule has 142 valence electrons. The Hall–Kier alpha value is -3.03. The summed E-state index contributed by atoms with van der Waals surface area (Å²) in [6, 6.07) is 5.59. The van der Waals surface area contributed by atoms with Crippen molar-refractivity contribution in [1.29, 1.82) is 0 Å². The molecule has 0 bridgehead atoms. The van der Waals surface area contributed by atoms with Gasteiger partial charge in [0.15, 0.2) is 11.5 Å². The smallest absolute Gasteiger partial charge is 0.410 e. The van der Waals surface area contributed by atoms with Crippen molar-refractivity contribution in [2.45, 2.75) is 39.3 Å². The van der Waals surface area contributed by atoms with E-state index in [1.807, 2.05) is 39.0 Å². The van der Waals surface area contributed by atoms with E-state index in [1.54, 1.807) is 11.1 Å². The quantitative estimate of drug-likeness (QED) is 0.868. The van der Waals surface area contributed by atoms with Crippen LogP contribution in [0.15, 0.2) is 24.4 Å². The van der Waals surface area contributed by atoms with Crippen LogP contribution in [0.25, 0.3) is 0 Å². The lowest BCUT2D eigenvalue weighted by atomic mass is 10.1. The van der Waals surface area contributed by atoms with Crippen LogP contribution in [0.2, 0.25) is 0 Å². The third-order valence-corrected chi connectivity index (χ3v) is 4.21. The molecular formula is C19H22N4O4. The molecule has 0 fully saturated rings. The first-order chi connectivity index (χ1) is 12.9. The van der Waals surface area contributed by atoms with Crippen molar-refractivity contribution in [2.75, 3.05) is 18.7 Å². The number of carbonyl (C=O) groups excluding carboxylic acids is 1.